The highest BCUT2D eigenvalue weighted by Crippen LogP contribution is 2.22. The maximum atomic E-state index is 11.9. The number of halogens is 2. The third kappa shape index (κ3) is 5.39. The van der Waals surface area contributed by atoms with E-state index in [9.17, 15) is 19.8 Å². The Morgan fingerprint density at radius 3 is 1.58 bits per heavy atom. The molecule has 2 aromatic carbocycles. The monoisotopic (exact) mass is 482 g/mol. The van der Waals surface area contributed by atoms with Gasteiger partial charge in [-0.1, -0.05) is 31.9 Å². The molecule has 8 nitrogen and oxygen atoms in total. The molecule has 0 saturated heterocycles. The fourth-order valence-electron chi connectivity index (χ4n) is 1.76. The van der Waals surface area contributed by atoms with Crippen molar-refractivity contribution in [3.8, 4) is 11.5 Å². The van der Waals surface area contributed by atoms with Crippen molar-refractivity contribution in [2.24, 2.45) is 10.2 Å². The van der Waals surface area contributed by atoms with Crippen LogP contribution in [0.15, 0.2) is 55.5 Å². The Kier molecular flexibility index (Phi) is 6.87. The van der Waals surface area contributed by atoms with Crippen molar-refractivity contribution < 1.29 is 19.8 Å². The summed E-state index contributed by atoms with van der Waals surface area (Å²) in [6.07, 6.45) is 2.27. The molecule has 0 saturated carbocycles. The number of amides is 2. The minimum Gasteiger partial charge on any atom is -0.507 e. The Labute approximate surface area is 164 Å². The van der Waals surface area contributed by atoms with Gasteiger partial charge in [0.05, 0.1) is 23.6 Å². The van der Waals surface area contributed by atoms with Crippen molar-refractivity contribution in [3.05, 3.63) is 56.5 Å². The maximum Gasteiger partial charge on any atom is 0.275 e. The number of nitrogens with one attached hydrogen (secondary N) is 2. The fourth-order valence-corrected chi connectivity index (χ4v) is 2.48. The lowest BCUT2D eigenvalue weighted by Gasteiger charge is -2.03. The minimum absolute atomic E-state index is 0.0481. The van der Waals surface area contributed by atoms with Crippen LogP contribution in [0.2, 0.25) is 0 Å². The lowest BCUT2D eigenvalue weighted by molar-refractivity contribution is 0.0943. The van der Waals surface area contributed by atoms with E-state index in [0.29, 0.717) is 8.95 Å². The number of phenols is 2. The van der Waals surface area contributed by atoms with Gasteiger partial charge in [0.1, 0.15) is 11.5 Å². The summed E-state index contributed by atoms with van der Waals surface area (Å²) >= 11 is 6.40. The van der Waals surface area contributed by atoms with Gasteiger partial charge in [-0.3, -0.25) is 9.59 Å². The first-order valence-electron chi connectivity index (χ1n) is 7.01. The van der Waals surface area contributed by atoms with E-state index in [1.54, 1.807) is 12.1 Å². The smallest absolute Gasteiger partial charge is 0.275 e. The van der Waals surface area contributed by atoms with E-state index in [-0.39, 0.29) is 22.6 Å². The van der Waals surface area contributed by atoms with Crippen molar-refractivity contribution in [1.29, 1.82) is 0 Å². The number of carbonyl (C=O) groups is 2. The molecule has 0 aromatic heterocycles. The van der Waals surface area contributed by atoms with Gasteiger partial charge in [0.25, 0.3) is 11.8 Å². The van der Waals surface area contributed by atoms with Crippen LogP contribution >= 0.6 is 31.9 Å². The predicted molar refractivity (Wildman–Crippen MR) is 104 cm³/mol. The van der Waals surface area contributed by atoms with Crippen LogP contribution in [-0.4, -0.2) is 34.5 Å². The van der Waals surface area contributed by atoms with Gasteiger partial charge in [-0.25, -0.2) is 10.9 Å². The highest BCUT2D eigenvalue weighted by molar-refractivity contribution is 9.10. The van der Waals surface area contributed by atoms with Crippen LogP contribution < -0.4 is 10.9 Å². The lowest BCUT2D eigenvalue weighted by atomic mass is 10.2. The molecule has 0 spiro atoms. The Morgan fingerprint density at radius 1 is 0.808 bits per heavy atom. The number of carbonyl (C=O) groups excluding carboxylic acids is 2. The summed E-state index contributed by atoms with van der Waals surface area (Å²) < 4.78 is 1.26. The zero-order chi connectivity index (χ0) is 19.1. The molecule has 2 aromatic rings. The quantitative estimate of drug-likeness (QED) is 0.385. The van der Waals surface area contributed by atoms with E-state index >= 15 is 0 Å². The molecule has 0 bridgehead atoms. The number of phenolic OH excluding ortho intramolecular Hbond substituents is 2. The van der Waals surface area contributed by atoms with E-state index in [1.165, 1.54) is 24.3 Å². The third-order valence-corrected chi connectivity index (χ3v) is 3.94. The third-order valence-electron chi connectivity index (χ3n) is 2.95. The molecular formula is C16H12Br2N4O4. The average molecular weight is 484 g/mol. The highest BCUT2D eigenvalue weighted by atomic mass is 79.9. The van der Waals surface area contributed by atoms with Gasteiger partial charge in [-0.15, -0.1) is 0 Å². The first kappa shape index (κ1) is 19.6. The van der Waals surface area contributed by atoms with Gasteiger partial charge in [-0.2, -0.15) is 10.2 Å². The van der Waals surface area contributed by atoms with Gasteiger partial charge < -0.3 is 10.2 Å². The lowest BCUT2D eigenvalue weighted by Crippen LogP contribution is -2.19. The number of benzene rings is 2. The summed E-state index contributed by atoms with van der Waals surface area (Å²) in [7, 11) is 0. The Morgan fingerprint density at radius 2 is 1.19 bits per heavy atom. The van der Waals surface area contributed by atoms with Gasteiger partial charge in [0.15, 0.2) is 0 Å². The van der Waals surface area contributed by atoms with Crippen molar-refractivity contribution in [2.75, 3.05) is 0 Å². The van der Waals surface area contributed by atoms with Gasteiger partial charge in [0, 0.05) is 8.95 Å². The topological polar surface area (TPSA) is 123 Å². The number of nitrogens with zero attached hydrogens (tertiary/aromatic N) is 2. The number of hydrogen-bond donors (Lipinski definition) is 4. The van der Waals surface area contributed by atoms with Crippen LogP contribution in [0.5, 0.6) is 11.5 Å². The molecule has 0 aliphatic carbocycles. The Bertz CT molecular complexity index is 826. The predicted octanol–water partition coefficient (Wildman–Crippen LogP) is 2.75. The van der Waals surface area contributed by atoms with Gasteiger partial charge >= 0.3 is 0 Å². The van der Waals surface area contributed by atoms with Crippen molar-refractivity contribution in [3.63, 3.8) is 0 Å². The SMILES string of the molecule is O=C(N/N=C\C=N\NC(=O)c1cc(Br)ccc1O)c1cc(Br)ccc1O. The molecule has 0 aliphatic heterocycles. The van der Waals surface area contributed by atoms with Crippen molar-refractivity contribution in [2.45, 2.75) is 0 Å². The van der Waals surface area contributed by atoms with Gasteiger partial charge in [-0.05, 0) is 36.4 Å². The van der Waals surface area contributed by atoms with E-state index in [1.807, 2.05) is 0 Å². The maximum absolute atomic E-state index is 11.9. The molecule has 4 N–H and O–H groups in total. The van der Waals surface area contributed by atoms with Crippen LogP contribution in [0.25, 0.3) is 0 Å². The zero-order valence-corrected chi connectivity index (χ0v) is 16.2. The summed E-state index contributed by atoms with van der Waals surface area (Å²) in [4.78, 5) is 23.7. The molecule has 0 atom stereocenters. The molecule has 0 radical (unpaired) electrons. The molecular weight excluding hydrogens is 472 g/mol. The number of hydrazone groups is 2. The molecule has 2 rings (SSSR count). The number of hydrogen-bond acceptors (Lipinski definition) is 6. The summed E-state index contributed by atoms with van der Waals surface area (Å²) in [6.45, 7) is 0. The standard InChI is InChI=1S/C16H12Br2N4O4/c17-9-1-3-13(23)11(7-9)15(25)21-19-5-6-20-22-16(26)12-8-10(18)2-4-14(12)24/h1-8,23-24H,(H,21,25)(H,22,26)/b19-5-,20-6+. The average Bonchev–Trinajstić information content (AvgIpc) is 2.61. The van der Waals surface area contributed by atoms with Crippen molar-refractivity contribution in [1.82, 2.24) is 10.9 Å². The van der Waals surface area contributed by atoms with E-state index in [0.717, 1.165) is 12.4 Å². The molecule has 0 heterocycles. The Hall–Kier alpha value is -2.72. The zero-order valence-electron chi connectivity index (χ0n) is 13.0. The van der Waals surface area contributed by atoms with Gasteiger partial charge in [0.2, 0.25) is 0 Å². The van der Waals surface area contributed by atoms with Crippen LogP contribution in [0.3, 0.4) is 0 Å². The number of aromatic hydroxyl groups is 2. The number of rotatable bonds is 5. The van der Waals surface area contributed by atoms with Crippen LogP contribution in [-0.2, 0) is 0 Å². The van der Waals surface area contributed by atoms with Crippen LogP contribution in [0, 0.1) is 0 Å². The van der Waals surface area contributed by atoms with Crippen molar-refractivity contribution >= 4 is 56.1 Å². The Balaban J connectivity index is 1.88. The molecule has 26 heavy (non-hydrogen) atoms. The molecule has 0 fully saturated rings. The van der Waals surface area contributed by atoms with Crippen LogP contribution in [0.4, 0.5) is 0 Å². The first-order chi connectivity index (χ1) is 12.4. The normalized spacial score (nSPS) is 11.0. The van der Waals surface area contributed by atoms with E-state index in [4.69, 9.17) is 0 Å². The highest BCUT2D eigenvalue weighted by Gasteiger charge is 2.11. The second-order valence-corrected chi connectivity index (χ2v) is 6.59. The molecule has 134 valence electrons. The summed E-state index contributed by atoms with van der Waals surface area (Å²) in [6, 6.07) is 8.81. The van der Waals surface area contributed by atoms with Crippen LogP contribution in [0.1, 0.15) is 20.7 Å². The summed E-state index contributed by atoms with van der Waals surface area (Å²) in [5.74, 6) is -1.60. The summed E-state index contributed by atoms with van der Waals surface area (Å²) in [5, 5.41) is 26.5. The molecule has 0 aliphatic rings. The fraction of sp³-hybridized carbons (Fsp3) is 0. The molecule has 0 unspecified atom stereocenters. The largest absolute Gasteiger partial charge is 0.507 e. The second-order valence-electron chi connectivity index (χ2n) is 4.76. The molecule has 2 amide bonds. The van der Waals surface area contributed by atoms with E-state index in [2.05, 4.69) is 52.9 Å². The summed E-state index contributed by atoms with van der Waals surface area (Å²) in [5.41, 5.74) is 4.50. The van der Waals surface area contributed by atoms with E-state index < -0.39 is 11.8 Å². The first-order valence-corrected chi connectivity index (χ1v) is 8.59. The molecule has 10 heteroatoms. The second kappa shape index (κ2) is 9.11. The minimum atomic E-state index is -0.614.